The zero-order valence-electron chi connectivity index (χ0n) is 6.59. The number of carbonyl (C=O) groups excluding carboxylic acids is 1. The quantitative estimate of drug-likeness (QED) is 0.441. The van der Waals surface area contributed by atoms with Crippen molar-refractivity contribution in [1.82, 2.24) is 0 Å². The van der Waals surface area contributed by atoms with Gasteiger partial charge in [-0.2, -0.15) is 0 Å². The van der Waals surface area contributed by atoms with Gasteiger partial charge in [0.1, 0.15) is 0 Å². The molecule has 0 aromatic rings. The second-order valence-electron chi connectivity index (χ2n) is 2.18. The molecule has 0 rings (SSSR count). The lowest BCUT2D eigenvalue weighted by atomic mass is 10.0. The summed E-state index contributed by atoms with van der Waals surface area (Å²) < 4.78 is 4.50. The summed E-state index contributed by atoms with van der Waals surface area (Å²) in [5.41, 5.74) is 0. The smallest absolute Gasteiger partial charge is 0.306 e. The Balaban J connectivity index is 3.62. The van der Waals surface area contributed by atoms with Crippen LogP contribution in [0.15, 0.2) is 12.7 Å². The van der Waals surface area contributed by atoms with E-state index in [4.69, 9.17) is 0 Å². The Morgan fingerprint density at radius 2 is 2.40 bits per heavy atom. The van der Waals surface area contributed by atoms with E-state index in [1.54, 1.807) is 6.08 Å². The fourth-order valence-corrected chi connectivity index (χ4v) is 0.692. The number of allylic oxidation sites excluding steroid dienone is 1. The molecule has 0 aliphatic carbocycles. The normalized spacial score (nSPS) is 12.2. The topological polar surface area (TPSA) is 26.3 Å². The van der Waals surface area contributed by atoms with Crippen molar-refractivity contribution in [2.24, 2.45) is 5.92 Å². The number of hydrogen-bond donors (Lipinski definition) is 0. The van der Waals surface area contributed by atoms with Crippen LogP contribution in [0.2, 0.25) is 0 Å². The zero-order chi connectivity index (χ0) is 7.98. The monoisotopic (exact) mass is 142 g/mol. The molecule has 0 saturated carbocycles. The second kappa shape index (κ2) is 5.03. The van der Waals surface area contributed by atoms with Crippen LogP contribution >= 0.6 is 0 Å². The molecule has 0 amide bonds. The van der Waals surface area contributed by atoms with Crippen LogP contribution < -0.4 is 0 Å². The molecule has 2 heteroatoms. The number of esters is 1. The fraction of sp³-hybridized carbons (Fsp3) is 0.625. The van der Waals surface area contributed by atoms with Crippen molar-refractivity contribution >= 4 is 5.97 Å². The molecule has 0 N–H and O–H groups in total. The molecular weight excluding hydrogens is 128 g/mol. The van der Waals surface area contributed by atoms with Gasteiger partial charge in [0.15, 0.2) is 0 Å². The zero-order valence-corrected chi connectivity index (χ0v) is 6.59. The molecule has 1 unspecified atom stereocenters. The minimum absolute atomic E-state index is 0.160. The molecule has 0 radical (unpaired) electrons. The number of hydrogen-bond acceptors (Lipinski definition) is 2. The average Bonchev–Trinajstić information content (AvgIpc) is 1.99. The molecule has 2 nitrogen and oxygen atoms in total. The first kappa shape index (κ1) is 9.21. The van der Waals surface area contributed by atoms with Crippen LogP contribution in [-0.2, 0) is 9.53 Å². The molecule has 0 aromatic heterocycles. The van der Waals surface area contributed by atoms with E-state index in [1.165, 1.54) is 7.11 Å². The Hall–Kier alpha value is -0.790. The van der Waals surface area contributed by atoms with Gasteiger partial charge in [-0.25, -0.2) is 0 Å². The Morgan fingerprint density at radius 1 is 1.80 bits per heavy atom. The molecule has 0 fully saturated rings. The highest BCUT2D eigenvalue weighted by Gasteiger charge is 2.07. The minimum Gasteiger partial charge on any atom is -0.469 e. The first-order valence-corrected chi connectivity index (χ1v) is 3.44. The fourth-order valence-electron chi connectivity index (χ4n) is 0.692. The van der Waals surface area contributed by atoms with E-state index in [0.29, 0.717) is 6.42 Å². The second-order valence-corrected chi connectivity index (χ2v) is 2.18. The van der Waals surface area contributed by atoms with Crippen molar-refractivity contribution in [2.75, 3.05) is 7.11 Å². The summed E-state index contributed by atoms with van der Waals surface area (Å²) in [4.78, 5) is 10.7. The van der Waals surface area contributed by atoms with Gasteiger partial charge in [0.25, 0.3) is 0 Å². The molecule has 0 aliphatic heterocycles. The van der Waals surface area contributed by atoms with Crippen LogP contribution in [0.25, 0.3) is 0 Å². The van der Waals surface area contributed by atoms with Gasteiger partial charge < -0.3 is 4.74 Å². The maximum absolute atomic E-state index is 10.7. The van der Waals surface area contributed by atoms with Crippen LogP contribution in [0, 0.1) is 5.92 Å². The first-order valence-electron chi connectivity index (χ1n) is 3.44. The molecule has 58 valence electrons. The predicted molar refractivity (Wildman–Crippen MR) is 40.6 cm³/mol. The van der Waals surface area contributed by atoms with E-state index in [1.807, 2.05) is 6.92 Å². The highest BCUT2D eigenvalue weighted by molar-refractivity contribution is 5.69. The van der Waals surface area contributed by atoms with Gasteiger partial charge in [0.2, 0.25) is 0 Å². The van der Waals surface area contributed by atoms with Gasteiger partial charge in [0, 0.05) is 0 Å². The summed E-state index contributed by atoms with van der Waals surface area (Å²) in [5, 5.41) is 0. The summed E-state index contributed by atoms with van der Waals surface area (Å²) in [5.74, 6) is 0.110. The molecule has 0 spiro atoms. The Morgan fingerprint density at radius 3 is 2.70 bits per heavy atom. The molecule has 1 atom stereocenters. The third kappa shape index (κ3) is 3.28. The van der Waals surface area contributed by atoms with Gasteiger partial charge in [-0.3, -0.25) is 4.79 Å². The Bertz CT molecular complexity index is 118. The van der Waals surface area contributed by atoms with Crippen molar-refractivity contribution in [3.63, 3.8) is 0 Å². The third-order valence-corrected chi connectivity index (χ3v) is 1.51. The van der Waals surface area contributed by atoms with E-state index in [-0.39, 0.29) is 11.9 Å². The van der Waals surface area contributed by atoms with Gasteiger partial charge in [0.05, 0.1) is 13.5 Å². The van der Waals surface area contributed by atoms with Crippen LogP contribution in [0.1, 0.15) is 19.8 Å². The lowest BCUT2D eigenvalue weighted by Gasteiger charge is -2.05. The summed E-state index contributed by atoms with van der Waals surface area (Å²) >= 11 is 0. The molecule has 0 bridgehead atoms. The van der Waals surface area contributed by atoms with Gasteiger partial charge in [-0.05, 0) is 12.3 Å². The largest absolute Gasteiger partial charge is 0.469 e. The number of carbonyl (C=O) groups is 1. The van der Waals surface area contributed by atoms with Gasteiger partial charge in [-0.15, -0.1) is 6.58 Å². The maximum atomic E-state index is 10.7. The van der Waals surface area contributed by atoms with Crippen LogP contribution in [-0.4, -0.2) is 13.1 Å². The van der Waals surface area contributed by atoms with E-state index in [9.17, 15) is 4.79 Å². The van der Waals surface area contributed by atoms with E-state index in [0.717, 1.165) is 6.42 Å². The summed E-state index contributed by atoms with van der Waals surface area (Å²) in [7, 11) is 1.40. The number of methoxy groups -OCH3 is 1. The van der Waals surface area contributed by atoms with Gasteiger partial charge >= 0.3 is 5.97 Å². The standard InChI is InChI=1S/C8H14O2/c1-4-7(5-2)6-8(9)10-3/h4,7H,1,5-6H2,2-3H3. The van der Waals surface area contributed by atoms with Crippen molar-refractivity contribution < 1.29 is 9.53 Å². The Labute approximate surface area is 61.9 Å². The summed E-state index contributed by atoms with van der Waals surface area (Å²) in [6.07, 6.45) is 3.19. The minimum atomic E-state index is -0.160. The molecule has 0 aliphatic rings. The SMILES string of the molecule is C=CC(CC)CC(=O)OC. The summed E-state index contributed by atoms with van der Waals surface area (Å²) in [6.45, 7) is 5.63. The molecule has 0 heterocycles. The lowest BCUT2D eigenvalue weighted by molar-refractivity contribution is -0.141. The molecular formula is C8H14O2. The van der Waals surface area contributed by atoms with E-state index < -0.39 is 0 Å². The molecule has 0 saturated heterocycles. The van der Waals surface area contributed by atoms with E-state index >= 15 is 0 Å². The summed E-state index contributed by atoms with van der Waals surface area (Å²) in [6, 6.07) is 0. The van der Waals surface area contributed by atoms with Crippen LogP contribution in [0.5, 0.6) is 0 Å². The first-order chi connectivity index (χ1) is 4.74. The maximum Gasteiger partial charge on any atom is 0.306 e. The van der Waals surface area contributed by atoms with Crippen LogP contribution in [0.3, 0.4) is 0 Å². The molecule has 10 heavy (non-hydrogen) atoms. The lowest BCUT2D eigenvalue weighted by Crippen LogP contribution is -2.06. The van der Waals surface area contributed by atoms with Crippen molar-refractivity contribution in [2.45, 2.75) is 19.8 Å². The Kier molecular flexibility index (Phi) is 4.63. The average molecular weight is 142 g/mol. The number of rotatable bonds is 4. The van der Waals surface area contributed by atoms with Crippen molar-refractivity contribution in [3.05, 3.63) is 12.7 Å². The highest BCUT2D eigenvalue weighted by Crippen LogP contribution is 2.08. The molecule has 0 aromatic carbocycles. The highest BCUT2D eigenvalue weighted by atomic mass is 16.5. The van der Waals surface area contributed by atoms with Crippen molar-refractivity contribution in [1.29, 1.82) is 0 Å². The number of ether oxygens (including phenoxy) is 1. The van der Waals surface area contributed by atoms with E-state index in [2.05, 4.69) is 11.3 Å². The van der Waals surface area contributed by atoms with Gasteiger partial charge in [-0.1, -0.05) is 13.0 Å². The van der Waals surface area contributed by atoms with Crippen molar-refractivity contribution in [3.8, 4) is 0 Å². The van der Waals surface area contributed by atoms with Crippen LogP contribution in [0.4, 0.5) is 0 Å². The third-order valence-electron chi connectivity index (χ3n) is 1.51. The predicted octanol–water partition coefficient (Wildman–Crippen LogP) is 1.76.